The zero-order chi connectivity index (χ0) is 13.7. The number of thiocarbonyl (C=S) groups is 1. The third-order valence-corrected chi connectivity index (χ3v) is 2.71. The molecule has 7 heteroatoms. The lowest BCUT2D eigenvalue weighted by Crippen LogP contribution is -2.35. The number of carbonyl (C=O) groups excluding carboxylic acids is 1. The van der Waals surface area contributed by atoms with E-state index < -0.39 is 0 Å². The summed E-state index contributed by atoms with van der Waals surface area (Å²) in [7, 11) is 3.44. The van der Waals surface area contributed by atoms with Gasteiger partial charge in [-0.1, -0.05) is 19.1 Å². The summed E-state index contributed by atoms with van der Waals surface area (Å²) >= 11 is 4.93. The normalized spacial score (nSPS) is 11.7. The Labute approximate surface area is 112 Å². The van der Waals surface area contributed by atoms with Crippen LogP contribution in [0.2, 0.25) is 0 Å². The monoisotopic (exact) mass is 267 g/mol. The summed E-state index contributed by atoms with van der Waals surface area (Å²) in [5.41, 5.74) is 6.06. The van der Waals surface area contributed by atoms with Gasteiger partial charge in [-0.25, -0.2) is 9.97 Å². The lowest BCUT2D eigenvalue weighted by Gasteiger charge is -2.22. The molecule has 1 rings (SSSR count). The van der Waals surface area contributed by atoms with Crippen molar-refractivity contribution in [1.29, 1.82) is 0 Å². The molecule has 1 atom stereocenters. The Morgan fingerprint density at radius 1 is 1.56 bits per heavy atom. The highest BCUT2D eigenvalue weighted by atomic mass is 32.1. The number of anilines is 1. The molecule has 1 amide bonds. The van der Waals surface area contributed by atoms with E-state index in [0.717, 1.165) is 0 Å². The molecule has 0 bridgehead atoms. The van der Waals surface area contributed by atoms with Crippen molar-refractivity contribution < 1.29 is 4.79 Å². The fourth-order valence-corrected chi connectivity index (χ4v) is 1.75. The van der Waals surface area contributed by atoms with E-state index in [4.69, 9.17) is 18.0 Å². The van der Waals surface area contributed by atoms with Gasteiger partial charge in [-0.2, -0.15) is 0 Å². The van der Waals surface area contributed by atoms with Crippen LogP contribution in [0.25, 0.3) is 0 Å². The molecule has 1 unspecified atom stereocenters. The topological polar surface area (TPSA) is 84.1 Å². The summed E-state index contributed by atoms with van der Waals surface area (Å²) in [6.45, 7) is 2.35. The van der Waals surface area contributed by atoms with Crippen molar-refractivity contribution in [3.8, 4) is 0 Å². The van der Waals surface area contributed by atoms with Crippen LogP contribution in [0.15, 0.2) is 12.4 Å². The second kappa shape index (κ2) is 6.25. The summed E-state index contributed by atoms with van der Waals surface area (Å²) in [5, 5.41) is 2.61. The number of hydrogen-bond acceptors (Lipinski definition) is 5. The molecule has 0 saturated carbocycles. The van der Waals surface area contributed by atoms with E-state index in [1.165, 1.54) is 6.20 Å². The van der Waals surface area contributed by atoms with Gasteiger partial charge in [0.25, 0.3) is 0 Å². The third-order valence-electron chi connectivity index (χ3n) is 2.52. The number of nitrogens with zero attached hydrogens (tertiary/aromatic N) is 3. The van der Waals surface area contributed by atoms with Crippen LogP contribution >= 0.6 is 12.2 Å². The highest BCUT2D eigenvalue weighted by Gasteiger charge is 2.18. The smallest absolute Gasteiger partial charge is 0.224 e. The van der Waals surface area contributed by atoms with Crippen molar-refractivity contribution >= 4 is 28.9 Å². The summed E-state index contributed by atoms with van der Waals surface area (Å²) in [6.07, 6.45) is 3.10. The van der Waals surface area contributed by atoms with Gasteiger partial charge in [0.2, 0.25) is 5.91 Å². The summed E-state index contributed by atoms with van der Waals surface area (Å²) in [4.78, 5) is 21.8. The quantitative estimate of drug-likeness (QED) is 0.727. The van der Waals surface area contributed by atoms with Crippen LogP contribution in [0.4, 0.5) is 5.82 Å². The molecule has 1 aromatic heterocycles. The molecule has 0 fully saturated rings. The predicted octanol–water partition coefficient (Wildman–Crippen LogP) is -0.0709. The van der Waals surface area contributed by atoms with E-state index in [-0.39, 0.29) is 16.8 Å². The first-order valence-corrected chi connectivity index (χ1v) is 5.91. The van der Waals surface area contributed by atoms with Gasteiger partial charge in [0.15, 0.2) is 5.82 Å². The number of nitrogens with two attached hydrogens (primary N) is 1. The van der Waals surface area contributed by atoms with Crippen LogP contribution in [-0.4, -0.2) is 41.5 Å². The lowest BCUT2D eigenvalue weighted by molar-refractivity contribution is -0.123. The molecule has 0 aliphatic rings. The van der Waals surface area contributed by atoms with E-state index >= 15 is 0 Å². The summed E-state index contributed by atoms with van der Waals surface area (Å²) in [5.74, 6) is 0.393. The predicted molar refractivity (Wildman–Crippen MR) is 74.4 cm³/mol. The highest BCUT2D eigenvalue weighted by molar-refractivity contribution is 7.80. The number of aromatic nitrogens is 2. The first-order valence-electron chi connectivity index (χ1n) is 5.51. The largest absolute Gasteiger partial charge is 0.388 e. The Morgan fingerprint density at radius 3 is 2.72 bits per heavy atom. The molecule has 1 aromatic rings. The van der Waals surface area contributed by atoms with Gasteiger partial charge in [-0.05, 0) is 0 Å². The maximum absolute atomic E-state index is 11.5. The third kappa shape index (κ3) is 3.36. The first kappa shape index (κ1) is 14.3. The van der Waals surface area contributed by atoms with Crippen molar-refractivity contribution in [2.75, 3.05) is 25.5 Å². The second-order valence-electron chi connectivity index (χ2n) is 3.99. The number of carbonyl (C=O) groups is 1. The molecular weight excluding hydrogens is 250 g/mol. The molecule has 6 nitrogen and oxygen atoms in total. The Bertz CT molecular complexity index is 451. The summed E-state index contributed by atoms with van der Waals surface area (Å²) in [6, 6.07) is 0. The van der Waals surface area contributed by atoms with Gasteiger partial charge in [0.05, 0.1) is 5.92 Å². The number of amides is 1. The highest BCUT2D eigenvalue weighted by Crippen LogP contribution is 2.14. The van der Waals surface area contributed by atoms with Gasteiger partial charge in [0, 0.05) is 33.0 Å². The van der Waals surface area contributed by atoms with Gasteiger partial charge < -0.3 is 16.0 Å². The molecule has 0 aliphatic heterocycles. The Balaban J connectivity index is 2.87. The van der Waals surface area contributed by atoms with Gasteiger partial charge in [-0.3, -0.25) is 4.79 Å². The Morgan fingerprint density at radius 2 is 2.17 bits per heavy atom. The number of rotatable bonds is 5. The molecule has 0 aromatic carbocycles. The van der Waals surface area contributed by atoms with Gasteiger partial charge >= 0.3 is 0 Å². The molecule has 0 aliphatic carbocycles. The van der Waals surface area contributed by atoms with Crippen LogP contribution < -0.4 is 16.0 Å². The van der Waals surface area contributed by atoms with Crippen molar-refractivity contribution in [2.24, 2.45) is 11.7 Å². The molecule has 0 spiro atoms. The minimum absolute atomic E-state index is 0.0254. The van der Waals surface area contributed by atoms with Crippen LogP contribution in [0.5, 0.6) is 0 Å². The number of nitrogens with one attached hydrogen (secondary N) is 1. The lowest BCUT2D eigenvalue weighted by atomic mass is 10.1. The molecule has 98 valence electrons. The average molecular weight is 267 g/mol. The number of hydrogen-bond donors (Lipinski definition) is 2. The van der Waals surface area contributed by atoms with E-state index in [1.54, 1.807) is 13.2 Å². The van der Waals surface area contributed by atoms with Gasteiger partial charge in [0.1, 0.15) is 10.7 Å². The standard InChI is InChI=1S/C11H17N5OS/c1-7(11(17)13-2)6-16(3)10-8(9(12)18)14-4-5-15-10/h4-5,7H,6H2,1-3H3,(H2,12,18)(H,13,17). The first-order chi connectivity index (χ1) is 8.47. The fraction of sp³-hybridized carbons (Fsp3) is 0.455. The van der Waals surface area contributed by atoms with E-state index in [2.05, 4.69) is 15.3 Å². The van der Waals surface area contributed by atoms with Crippen LogP contribution in [-0.2, 0) is 4.79 Å². The van der Waals surface area contributed by atoms with Crippen LogP contribution in [0.3, 0.4) is 0 Å². The molecule has 1 heterocycles. The van der Waals surface area contributed by atoms with E-state index in [0.29, 0.717) is 18.1 Å². The minimum Gasteiger partial charge on any atom is -0.388 e. The second-order valence-corrected chi connectivity index (χ2v) is 4.43. The van der Waals surface area contributed by atoms with Crippen LogP contribution in [0.1, 0.15) is 12.6 Å². The maximum Gasteiger partial charge on any atom is 0.224 e. The zero-order valence-corrected chi connectivity index (χ0v) is 11.5. The molecule has 18 heavy (non-hydrogen) atoms. The molecular formula is C11H17N5OS. The maximum atomic E-state index is 11.5. The van der Waals surface area contributed by atoms with Crippen molar-refractivity contribution in [2.45, 2.75) is 6.92 Å². The molecule has 3 N–H and O–H groups in total. The average Bonchev–Trinajstić information content (AvgIpc) is 2.37. The van der Waals surface area contributed by atoms with Crippen molar-refractivity contribution in [3.05, 3.63) is 18.1 Å². The van der Waals surface area contributed by atoms with E-state index in [1.807, 2.05) is 18.9 Å². The minimum atomic E-state index is -0.166. The fourth-order valence-electron chi connectivity index (χ4n) is 1.61. The van der Waals surface area contributed by atoms with E-state index in [9.17, 15) is 4.79 Å². The molecule has 0 saturated heterocycles. The Hall–Kier alpha value is -1.76. The molecule has 0 radical (unpaired) electrons. The SMILES string of the molecule is CNC(=O)C(C)CN(C)c1nccnc1C(N)=S. The van der Waals surface area contributed by atoms with Crippen LogP contribution in [0, 0.1) is 5.92 Å². The van der Waals surface area contributed by atoms with Crippen molar-refractivity contribution in [1.82, 2.24) is 15.3 Å². The van der Waals surface area contributed by atoms with Crippen molar-refractivity contribution in [3.63, 3.8) is 0 Å². The summed E-state index contributed by atoms with van der Waals surface area (Å²) < 4.78 is 0. The van der Waals surface area contributed by atoms with Gasteiger partial charge in [-0.15, -0.1) is 0 Å². The Kier molecular flexibility index (Phi) is 4.96. The zero-order valence-electron chi connectivity index (χ0n) is 10.7.